The van der Waals surface area contributed by atoms with Crippen molar-refractivity contribution in [1.29, 1.82) is 0 Å². The van der Waals surface area contributed by atoms with Gasteiger partial charge in [-0.3, -0.25) is 9.36 Å². The molecule has 0 bridgehead atoms. The van der Waals surface area contributed by atoms with Gasteiger partial charge in [-0.1, -0.05) is 24.3 Å². The van der Waals surface area contributed by atoms with Crippen molar-refractivity contribution in [3.05, 3.63) is 76.2 Å². The summed E-state index contributed by atoms with van der Waals surface area (Å²) >= 11 is 1.36. The van der Waals surface area contributed by atoms with Gasteiger partial charge < -0.3 is 14.8 Å². The van der Waals surface area contributed by atoms with E-state index in [0.29, 0.717) is 26.1 Å². The van der Waals surface area contributed by atoms with Gasteiger partial charge in [-0.05, 0) is 55.5 Å². The number of carbonyl (C=O) groups is 1. The van der Waals surface area contributed by atoms with E-state index in [1.165, 1.54) is 23.7 Å². The topological polar surface area (TPSA) is 87.1 Å². The molecular formula is C27H29FN6O2S. The van der Waals surface area contributed by atoms with Gasteiger partial charge in [0.25, 0.3) is 0 Å². The molecule has 0 radical (unpaired) electrons. The Hall–Kier alpha value is -3.53. The SMILES string of the molecule is O=C(C1CCCN(c2nc(Cc3ccc(F)cc3)ns2)C1)N1CCC(n2c(=O)[nH]c3ccccc32)CC1. The van der Waals surface area contributed by atoms with Gasteiger partial charge >= 0.3 is 5.69 Å². The molecule has 2 fully saturated rings. The highest BCUT2D eigenvalue weighted by Gasteiger charge is 2.33. The number of fused-ring (bicyclic) bond motifs is 1. The number of aromatic amines is 1. The first kappa shape index (κ1) is 23.8. The second-order valence-corrected chi connectivity index (χ2v) is 10.7. The summed E-state index contributed by atoms with van der Waals surface area (Å²) in [7, 11) is 0. The number of piperidine rings is 2. The summed E-state index contributed by atoms with van der Waals surface area (Å²) in [6.45, 7) is 2.82. The molecule has 2 aliphatic heterocycles. The van der Waals surface area contributed by atoms with E-state index in [1.54, 1.807) is 12.1 Å². The minimum atomic E-state index is -0.254. The zero-order valence-electron chi connectivity index (χ0n) is 20.5. The van der Waals surface area contributed by atoms with Crippen molar-refractivity contribution in [3.63, 3.8) is 0 Å². The van der Waals surface area contributed by atoms with Gasteiger partial charge in [0.1, 0.15) is 11.6 Å². The van der Waals surface area contributed by atoms with Crippen molar-refractivity contribution in [2.45, 2.75) is 38.1 Å². The number of halogens is 1. The van der Waals surface area contributed by atoms with E-state index >= 15 is 0 Å². The Balaban J connectivity index is 1.07. The largest absolute Gasteiger partial charge is 0.346 e. The van der Waals surface area contributed by atoms with Crippen molar-refractivity contribution in [2.75, 3.05) is 31.1 Å². The van der Waals surface area contributed by atoms with Crippen molar-refractivity contribution >= 4 is 33.6 Å². The molecular weight excluding hydrogens is 491 g/mol. The lowest BCUT2D eigenvalue weighted by molar-refractivity contribution is -0.137. The number of nitrogens with one attached hydrogen (secondary N) is 1. The van der Waals surface area contributed by atoms with Crippen LogP contribution in [0.1, 0.15) is 43.1 Å². The van der Waals surface area contributed by atoms with Crippen LogP contribution in [0.25, 0.3) is 11.0 Å². The summed E-state index contributed by atoms with van der Waals surface area (Å²) in [6, 6.07) is 14.3. The van der Waals surface area contributed by atoms with Crippen molar-refractivity contribution in [3.8, 4) is 0 Å². The molecule has 0 aliphatic carbocycles. The summed E-state index contributed by atoms with van der Waals surface area (Å²) in [6.07, 6.45) is 3.91. The van der Waals surface area contributed by atoms with E-state index in [0.717, 1.165) is 59.8 Å². The first-order valence-electron chi connectivity index (χ1n) is 12.8. The highest BCUT2D eigenvalue weighted by Crippen LogP contribution is 2.29. The fraction of sp³-hybridized carbons (Fsp3) is 0.407. The van der Waals surface area contributed by atoms with Crippen LogP contribution in [0, 0.1) is 11.7 Å². The maximum Gasteiger partial charge on any atom is 0.326 e. The van der Waals surface area contributed by atoms with Crippen LogP contribution >= 0.6 is 11.5 Å². The number of imidazole rings is 1. The number of hydrogen-bond donors (Lipinski definition) is 1. The van der Waals surface area contributed by atoms with Gasteiger partial charge in [-0.25, -0.2) is 14.2 Å². The zero-order chi connectivity index (χ0) is 25.4. The van der Waals surface area contributed by atoms with Gasteiger partial charge in [-0.15, -0.1) is 0 Å². The molecule has 192 valence electrons. The number of benzene rings is 2. The maximum absolute atomic E-state index is 13.4. The average Bonchev–Trinajstić information content (AvgIpc) is 3.53. The van der Waals surface area contributed by atoms with Crippen LogP contribution in [0.4, 0.5) is 9.52 Å². The Morgan fingerprint density at radius 3 is 2.65 bits per heavy atom. The summed E-state index contributed by atoms with van der Waals surface area (Å²) in [5.74, 6) is 0.599. The van der Waals surface area contributed by atoms with E-state index in [-0.39, 0.29) is 29.4 Å². The molecule has 2 saturated heterocycles. The molecule has 1 amide bonds. The highest BCUT2D eigenvalue weighted by molar-refractivity contribution is 7.09. The van der Waals surface area contributed by atoms with Crippen LogP contribution in [0.3, 0.4) is 0 Å². The number of anilines is 1. The number of para-hydroxylation sites is 2. The number of aromatic nitrogens is 4. The van der Waals surface area contributed by atoms with Gasteiger partial charge in [0, 0.05) is 50.2 Å². The van der Waals surface area contributed by atoms with Crippen LogP contribution in [-0.2, 0) is 11.2 Å². The lowest BCUT2D eigenvalue weighted by Gasteiger charge is -2.37. The normalized spacial score (nSPS) is 19.0. The summed E-state index contributed by atoms with van der Waals surface area (Å²) in [5.41, 5.74) is 2.67. The van der Waals surface area contributed by atoms with E-state index in [2.05, 4.69) is 14.3 Å². The Morgan fingerprint density at radius 2 is 1.84 bits per heavy atom. The van der Waals surface area contributed by atoms with Gasteiger partial charge in [0.2, 0.25) is 11.0 Å². The van der Waals surface area contributed by atoms with Crippen LogP contribution in [0.5, 0.6) is 0 Å². The molecule has 0 saturated carbocycles. The third-order valence-corrected chi connectivity index (χ3v) is 8.35. The molecule has 37 heavy (non-hydrogen) atoms. The Kier molecular flexibility index (Phi) is 6.50. The molecule has 6 rings (SSSR count). The number of carbonyl (C=O) groups excluding carboxylic acids is 1. The van der Waals surface area contributed by atoms with Gasteiger partial charge in [0.15, 0.2) is 0 Å². The third kappa shape index (κ3) is 4.90. The fourth-order valence-corrected chi connectivity index (χ4v) is 6.34. The molecule has 10 heteroatoms. The quantitative estimate of drug-likeness (QED) is 0.430. The summed E-state index contributed by atoms with van der Waals surface area (Å²) in [4.78, 5) is 37.8. The number of rotatable bonds is 5. The van der Waals surface area contributed by atoms with Gasteiger partial charge in [0.05, 0.1) is 17.0 Å². The van der Waals surface area contributed by atoms with E-state index in [9.17, 15) is 14.0 Å². The first-order chi connectivity index (χ1) is 18.0. The number of hydrogen-bond acceptors (Lipinski definition) is 6. The molecule has 4 heterocycles. The lowest BCUT2D eigenvalue weighted by Crippen LogP contribution is -2.47. The lowest BCUT2D eigenvalue weighted by atomic mass is 9.95. The second kappa shape index (κ2) is 10.1. The summed E-state index contributed by atoms with van der Waals surface area (Å²) in [5, 5.41) is 0.840. The fourth-order valence-electron chi connectivity index (χ4n) is 5.62. The van der Waals surface area contributed by atoms with Crippen LogP contribution in [0.2, 0.25) is 0 Å². The Morgan fingerprint density at radius 1 is 1.05 bits per heavy atom. The van der Waals surface area contributed by atoms with Crippen LogP contribution in [-0.4, -0.2) is 55.9 Å². The second-order valence-electron chi connectivity index (χ2n) is 9.96. The molecule has 4 aromatic rings. The average molecular weight is 521 g/mol. The number of H-pyrrole nitrogens is 1. The minimum Gasteiger partial charge on any atom is -0.346 e. The van der Waals surface area contributed by atoms with Crippen molar-refractivity contribution < 1.29 is 9.18 Å². The van der Waals surface area contributed by atoms with Crippen molar-refractivity contribution in [2.24, 2.45) is 5.92 Å². The Labute approximate surface area is 217 Å². The molecule has 0 spiro atoms. The minimum absolute atomic E-state index is 0.0643. The first-order valence-corrected chi connectivity index (χ1v) is 13.6. The smallest absolute Gasteiger partial charge is 0.326 e. The molecule has 2 aromatic carbocycles. The van der Waals surface area contributed by atoms with E-state index in [4.69, 9.17) is 4.98 Å². The van der Waals surface area contributed by atoms with Crippen LogP contribution in [0.15, 0.2) is 53.3 Å². The third-order valence-electron chi connectivity index (χ3n) is 7.54. The summed E-state index contributed by atoms with van der Waals surface area (Å²) < 4.78 is 19.5. The molecule has 1 atom stereocenters. The molecule has 1 unspecified atom stereocenters. The number of nitrogens with zero attached hydrogens (tertiary/aromatic N) is 5. The standard InChI is InChI=1S/C27H29FN6O2S/c28-20-9-7-18(8-10-20)16-24-30-27(37-31-24)33-13-3-4-19(17-33)25(35)32-14-11-21(12-15-32)34-23-6-2-1-5-22(23)29-26(34)36/h1-2,5-10,19,21H,3-4,11-17H2,(H,29,36). The molecule has 2 aromatic heterocycles. The van der Waals surface area contributed by atoms with E-state index in [1.807, 2.05) is 33.7 Å². The predicted molar refractivity (Wildman–Crippen MR) is 141 cm³/mol. The number of amides is 1. The molecule has 8 nitrogen and oxygen atoms in total. The molecule has 1 N–H and O–H groups in total. The predicted octanol–water partition coefficient (Wildman–Crippen LogP) is 3.99. The van der Waals surface area contributed by atoms with Crippen molar-refractivity contribution in [1.82, 2.24) is 23.8 Å². The highest BCUT2D eigenvalue weighted by atomic mass is 32.1. The van der Waals surface area contributed by atoms with Gasteiger partial charge in [-0.2, -0.15) is 4.37 Å². The van der Waals surface area contributed by atoms with Crippen LogP contribution < -0.4 is 10.6 Å². The maximum atomic E-state index is 13.4. The van der Waals surface area contributed by atoms with E-state index < -0.39 is 0 Å². The Bertz CT molecular complexity index is 1450. The molecule has 2 aliphatic rings. The number of likely N-dealkylation sites (tertiary alicyclic amines) is 1. The monoisotopic (exact) mass is 520 g/mol. The zero-order valence-corrected chi connectivity index (χ0v) is 21.3.